The predicted octanol–water partition coefficient (Wildman–Crippen LogP) is 9.52. The van der Waals surface area contributed by atoms with Crippen molar-refractivity contribution >= 4 is 21.7 Å². The summed E-state index contributed by atoms with van der Waals surface area (Å²) in [4.78, 5) is 0. The van der Waals surface area contributed by atoms with E-state index in [2.05, 4.69) is 138 Å². The molecule has 0 aliphatic rings. The van der Waals surface area contributed by atoms with Crippen LogP contribution in [-0.4, -0.2) is 4.57 Å². The molecule has 1 aromatic heterocycles. The van der Waals surface area contributed by atoms with E-state index in [1.54, 1.807) is 0 Å². The lowest BCUT2D eigenvalue weighted by Gasteiger charge is -2.16. The van der Waals surface area contributed by atoms with Crippen LogP contribution in [0.25, 0.3) is 49.7 Å². The molecular formula is C38H25N. The lowest BCUT2D eigenvalue weighted by Crippen LogP contribution is -1.99. The number of fused-ring (bicyclic) bond motifs is 2. The summed E-state index contributed by atoms with van der Waals surface area (Å²) >= 11 is 0. The topological polar surface area (TPSA) is 4.93 Å². The van der Waals surface area contributed by atoms with Gasteiger partial charge in [-0.25, -0.2) is 0 Å². The van der Waals surface area contributed by atoms with Crippen molar-refractivity contribution in [2.24, 2.45) is 0 Å². The Hall–Kier alpha value is -5.32. The van der Waals surface area contributed by atoms with Gasteiger partial charge in [0.25, 0.3) is 0 Å². The average Bonchev–Trinajstić information content (AvgIpc) is 3.40. The van der Waals surface area contributed by atoms with Crippen LogP contribution < -0.4 is 0 Å². The normalized spacial score (nSPS) is 10.9. The van der Waals surface area contributed by atoms with E-state index in [1.165, 1.54) is 38.5 Å². The predicted molar refractivity (Wildman–Crippen MR) is 164 cm³/mol. The fraction of sp³-hybridized carbons (Fsp3) is 0. The first kappa shape index (κ1) is 22.8. The Labute approximate surface area is 228 Å². The molecule has 0 aliphatic carbocycles. The summed E-state index contributed by atoms with van der Waals surface area (Å²) in [5.74, 6) is 6.57. The number of aromatic nitrogens is 1. The molecule has 0 saturated carbocycles. The molecule has 1 heteroatoms. The lowest BCUT2D eigenvalue weighted by atomic mass is 9.99. The number of para-hydroxylation sites is 1. The minimum absolute atomic E-state index is 1.00. The van der Waals surface area contributed by atoms with Crippen molar-refractivity contribution in [3.8, 4) is 39.9 Å². The van der Waals surface area contributed by atoms with Crippen LogP contribution >= 0.6 is 0 Å². The van der Waals surface area contributed by atoms with Gasteiger partial charge in [-0.1, -0.05) is 115 Å². The highest BCUT2D eigenvalue weighted by Crippen LogP contribution is 2.37. The third kappa shape index (κ3) is 4.39. The molecule has 7 rings (SSSR count). The lowest BCUT2D eigenvalue weighted by molar-refractivity contribution is 1.15. The maximum absolute atomic E-state index is 3.31. The summed E-state index contributed by atoms with van der Waals surface area (Å²) in [6.45, 7) is 0. The second kappa shape index (κ2) is 9.86. The Balaban J connectivity index is 1.41. The molecule has 1 nitrogen and oxygen atoms in total. The molecule has 0 unspecified atom stereocenters. The molecule has 0 radical (unpaired) electrons. The van der Waals surface area contributed by atoms with Crippen molar-refractivity contribution in [3.63, 3.8) is 0 Å². The minimum atomic E-state index is 1.00. The van der Waals surface area contributed by atoms with Gasteiger partial charge >= 0.3 is 0 Å². The fourth-order valence-corrected chi connectivity index (χ4v) is 5.29. The van der Waals surface area contributed by atoms with E-state index in [-0.39, 0.29) is 0 Å². The van der Waals surface area contributed by atoms with Crippen LogP contribution in [0.15, 0.2) is 152 Å². The van der Waals surface area contributed by atoms with Crippen LogP contribution in [0.5, 0.6) is 0 Å². The van der Waals surface area contributed by atoms with Crippen molar-refractivity contribution in [2.45, 2.75) is 0 Å². The molecule has 0 atom stereocenters. The average molecular weight is 496 g/mol. The standard InChI is InChI=1S/C38H25N/c1-3-11-28(12-4-1)19-20-29-21-23-31(24-22-29)37-26-33-16-8-10-18-36(33)39(37)38-27-34(30-13-5-2-6-14-30)25-32-15-7-9-17-35(32)38/h1-18,21-27H. The Kier molecular flexibility index (Phi) is 5.77. The van der Waals surface area contributed by atoms with Gasteiger partial charge in [-0.05, 0) is 70.6 Å². The molecule has 0 fully saturated rings. The molecule has 0 amide bonds. The number of hydrogen-bond acceptors (Lipinski definition) is 0. The molecule has 39 heavy (non-hydrogen) atoms. The molecule has 1 heterocycles. The molecule has 0 aliphatic heterocycles. The quantitative estimate of drug-likeness (QED) is 0.215. The summed E-state index contributed by atoms with van der Waals surface area (Å²) in [5, 5.41) is 3.67. The van der Waals surface area contributed by atoms with Crippen LogP contribution in [-0.2, 0) is 0 Å². The van der Waals surface area contributed by atoms with Gasteiger partial charge in [0.05, 0.1) is 16.9 Å². The number of hydrogen-bond donors (Lipinski definition) is 0. The first-order valence-electron chi connectivity index (χ1n) is 13.2. The summed E-state index contributed by atoms with van der Waals surface area (Å²) in [6, 6.07) is 53.6. The van der Waals surface area contributed by atoms with Crippen molar-refractivity contribution in [1.82, 2.24) is 4.57 Å². The first-order valence-corrected chi connectivity index (χ1v) is 13.2. The van der Waals surface area contributed by atoms with E-state index < -0.39 is 0 Å². The van der Waals surface area contributed by atoms with Crippen LogP contribution in [0.4, 0.5) is 0 Å². The monoisotopic (exact) mass is 495 g/mol. The van der Waals surface area contributed by atoms with Gasteiger partial charge in [0.1, 0.15) is 0 Å². The molecule has 0 N–H and O–H groups in total. The molecule has 0 saturated heterocycles. The van der Waals surface area contributed by atoms with Crippen molar-refractivity contribution in [2.75, 3.05) is 0 Å². The third-order valence-corrected chi connectivity index (χ3v) is 7.20. The zero-order valence-corrected chi connectivity index (χ0v) is 21.4. The van der Waals surface area contributed by atoms with Crippen LogP contribution in [0.3, 0.4) is 0 Å². The summed E-state index contributed by atoms with van der Waals surface area (Å²) in [6.07, 6.45) is 0. The molecule has 7 aromatic rings. The van der Waals surface area contributed by atoms with Crippen molar-refractivity contribution < 1.29 is 0 Å². The second-order valence-corrected chi connectivity index (χ2v) is 9.70. The molecule has 0 bridgehead atoms. The van der Waals surface area contributed by atoms with Crippen LogP contribution in [0.1, 0.15) is 11.1 Å². The fourth-order valence-electron chi connectivity index (χ4n) is 5.29. The smallest absolute Gasteiger partial charge is 0.0546 e. The van der Waals surface area contributed by atoms with Crippen LogP contribution in [0.2, 0.25) is 0 Å². The van der Waals surface area contributed by atoms with Crippen molar-refractivity contribution in [1.29, 1.82) is 0 Å². The molecule has 0 spiro atoms. The number of nitrogens with zero attached hydrogens (tertiary/aromatic N) is 1. The highest BCUT2D eigenvalue weighted by atomic mass is 15.0. The highest BCUT2D eigenvalue weighted by molar-refractivity contribution is 5.98. The summed E-state index contributed by atoms with van der Waals surface area (Å²) in [5.41, 5.74) is 9.13. The van der Waals surface area contributed by atoms with Gasteiger partial charge < -0.3 is 4.57 Å². The summed E-state index contributed by atoms with van der Waals surface area (Å²) in [7, 11) is 0. The SMILES string of the molecule is C(#Cc1ccc(-c2cc3ccccc3n2-c2cc(-c3ccccc3)cc3ccccc23)cc1)c1ccccc1. The Morgan fingerprint density at radius 3 is 1.79 bits per heavy atom. The Bertz CT molecular complexity index is 1980. The van der Waals surface area contributed by atoms with Gasteiger partial charge in [0.2, 0.25) is 0 Å². The zero-order valence-electron chi connectivity index (χ0n) is 21.4. The maximum Gasteiger partial charge on any atom is 0.0546 e. The molecule has 182 valence electrons. The van der Waals surface area contributed by atoms with Gasteiger partial charge in [0, 0.05) is 21.9 Å². The maximum atomic E-state index is 3.31. The van der Waals surface area contributed by atoms with Gasteiger partial charge in [-0.15, -0.1) is 0 Å². The van der Waals surface area contributed by atoms with E-state index in [0.29, 0.717) is 0 Å². The van der Waals surface area contributed by atoms with E-state index >= 15 is 0 Å². The Morgan fingerprint density at radius 1 is 0.410 bits per heavy atom. The molecule has 6 aromatic carbocycles. The first-order chi connectivity index (χ1) is 19.3. The minimum Gasteiger partial charge on any atom is -0.309 e. The number of rotatable bonds is 3. The Morgan fingerprint density at radius 2 is 1.03 bits per heavy atom. The van der Waals surface area contributed by atoms with Gasteiger partial charge in [-0.3, -0.25) is 0 Å². The van der Waals surface area contributed by atoms with Crippen LogP contribution in [0, 0.1) is 11.8 Å². The van der Waals surface area contributed by atoms with E-state index in [9.17, 15) is 0 Å². The highest BCUT2D eigenvalue weighted by Gasteiger charge is 2.16. The van der Waals surface area contributed by atoms with Gasteiger partial charge in [0.15, 0.2) is 0 Å². The van der Waals surface area contributed by atoms with E-state index in [0.717, 1.165) is 22.4 Å². The third-order valence-electron chi connectivity index (χ3n) is 7.20. The second-order valence-electron chi connectivity index (χ2n) is 9.70. The summed E-state index contributed by atoms with van der Waals surface area (Å²) < 4.78 is 2.41. The zero-order chi connectivity index (χ0) is 26.0. The largest absolute Gasteiger partial charge is 0.309 e. The molecular weight excluding hydrogens is 470 g/mol. The van der Waals surface area contributed by atoms with Gasteiger partial charge in [-0.2, -0.15) is 0 Å². The number of benzene rings is 6. The van der Waals surface area contributed by atoms with E-state index in [4.69, 9.17) is 0 Å². The van der Waals surface area contributed by atoms with Crippen molar-refractivity contribution in [3.05, 3.63) is 163 Å². The van der Waals surface area contributed by atoms with E-state index in [1.807, 2.05) is 30.3 Å².